The number of fused-ring (bicyclic) bond motifs is 9. The highest BCUT2D eigenvalue weighted by Gasteiger charge is 2.28. The zero-order valence-electron chi connectivity index (χ0n) is 31.4. The molecule has 12 aromatic rings. The normalized spacial score (nSPS) is 11.7. The molecule has 0 saturated heterocycles. The van der Waals surface area contributed by atoms with E-state index in [4.69, 9.17) is 19.4 Å². The first kappa shape index (κ1) is 32.9. The summed E-state index contributed by atoms with van der Waals surface area (Å²) in [6.45, 7) is 0. The largest absolute Gasteiger partial charge is 0.454 e. The van der Waals surface area contributed by atoms with E-state index in [9.17, 15) is 5.26 Å². The Morgan fingerprint density at radius 1 is 0.424 bits per heavy atom. The Morgan fingerprint density at radius 3 is 1.37 bits per heavy atom. The lowest BCUT2D eigenvalue weighted by Crippen LogP contribution is -2.05. The van der Waals surface area contributed by atoms with Gasteiger partial charge in [0.1, 0.15) is 11.7 Å². The first-order valence-corrected chi connectivity index (χ1v) is 19.5. The van der Waals surface area contributed by atoms with Gasteiger partial charge in [0.05, 0.1) is 50.0 Å². The first-order chi connectivity index (χ1) is 29.2. The third-order valence-corrected chi connectivity index (χ3v) is 11.4. The summed E-state index contributed by atoms with van der Waals surface area (Å²) < 4.78 is 11.7. The second kappa shape index (κ2) is 12.8. The zero-order chi connectivity index (χ0) is 39.0. The molecule has 12 rings (SSSR count). The van der Waals surface area contributed by atoms with Crippen molar-refractivity contribution >= 4 is 65.6 Å². The minimum Gasteiger partial charge on any atom is -0.454 e. The lowest BCUT2D eigenvalue weighted by molar-refractivity contribution is 0.668. The van der Waals surface area contributed by atoms with Gasteiger partial charge in [-0.3, -0.25) is 0 Å². The summed E-state index contributed by atoms with van der Waals surface area (Å²) in [6.07, 6.45) is 0. The van der Waals surface area contributed by atoms with Crippen LogP contribution < -0.4 is 0 Å². The van der Waals surface area contributed by atoms with E-state index in [-0.39, 0.29) is 0 Å². The fourth-order valence-corrected chi connectivity index (χ4v) is 8.87. The van der Waals surface area contributed by atoms with E-state index in [1.54, 1.807) is 0 Å². The number of furan rings is 1. The fourth-order valence-electron chi connectivity index (χ4n) is 8.87. The molecular formula is C52H30N6O. The Morgan fingerprint density at radius 2 is 0.864 bits per heavy atom. The van der Waals surface area contributed by atoms with Gasteiger partial charge in [0, 0.05) is 38.1 Å². The van der Waals surface area contributed by atoms with Gasteiger partial charge in [-0.1, -0.05) is 146 Å². The van der Waals surface area contributed by atoms with E-state index in [0.29, 0.717) is 39.8 Å². The molecule has 0 unspecified atom stereocenters. The van der Waals surface area contributed by atoms with E-state index < -0.39 is 0 Å². The molecule has 4 aromatic heterocycles. The van der Waals surface area contributed by atoms with Crippen LogP contribution in [0.3, 0.4) is 0 Å². The predicted molar refractivity (Wildman–Crippen MR) is 237 cm³/mol. The molecule has 0 saturated carbocycles. The Labute approximate surface area is 337 Å². The van der Waals surface area contributed by atoms with Gasteiger partial charge >= 0.3 is 0 Å². The number of hydrogen-bond acceptors (Lipinski definition) is 5. The van der Waals surface area contributed by atoms with Gasteiger partial charge in [-0.05, 0) is 36.4 Å². The monoisotopic (exact) mass is 754 g/mol. The Kier molecular flexibility index (Phi) is 7.16. The molecule has 0 radical (unpaired) electrons. The van der Waals surface area contributed by atoms with Crippen LogP contribution in [-0.2, 0) is 0 Å². The zero-order valence-corrected chi connectivity index (χ0v) is 31.4. The van der Waals surface area contributed by atoms with Crippen molar-refractivity contribution < 1.29 is 4.42 Å². The highest BCUT2D eigenvalue weighted by Crippen LogP contribution is 2.46. The molecule has 7 nitrogen and oxygen atoms in total. The van der Waals surface area contributed by atoms with Crippen molar-refractivity contribution in [3.05, 3.63) is 188 Å². The van der Waals surface area contributed by atoms with Crippen LogP contribution in [0.25, 0.3) is 111 Å². The number of rotatable bonds is 5. The molecule has 0 aliphatic carbocycles. The van der Waals surface area contributed by atoms with Crippen molar-refractivity contribution in [3.63, 3.8) is 0 Å². The molecule has 8 aromatic carbocycles. The summed E-state index contributed by atoms with van der Waals surface area (Å²) in [5.74, 6) is 1.58. The minimum absolute atomic E-state index is 0.425. The van der Waals surface area contributed by atoms with Crippen molar-refractivity contribution in [1.29, 1.82) is 5.26 Å². The maximum Gasteiger partial charge on any atom is 0.167 e. The molecule has 7 heteroatoms. The van der Waals surface area contributed by atoms with E-state index >= 15 is 0 Å². The van der Waals surface area contributed by atoms with Gasteiger partial charge in [-0.25, -0.2) is 15.0 Å². The van der Waals surface area contributed by atoms with Gasteiger partial charge < -0.3 is 13.6 Å². The van der Waals surface area contributed by atoms with Crippen LogP contribution in [0.2, 0.25) is 0 Å². The third-order valence-electron chi connectivity index (χ3n) is 11.4. The van der Waals surface area contributed by atoms with Crippen molar-refractivity contribution in [2.24, 2.45) is 0 Å². The molecular weight excluding hydrogens is 725 g/mol. The van der Waals surface area contributed by atoms with E-state index in [0.717, 1.165) is 76.9 Å². The smallest absolute Gasteiger partial charge is 0.167 e. The van der Waals surface area contributed by atoms with E-state index in [2.05, 4.69) is 118 Å². The SMILES string of the molecule is N#Cc1cc(-n2c3ccccc3c3ccccc32)c(-n2c3ccccc3c3ccccc32)c2c1oc1c(-c3nc(-c4ccccc4)nc(-c4ccccc4)n3)cccc12. The molecule has 0 aliphatic heterocycles. The summed E-state index contributed by atoms with van der Waals surface area (Å²) in [5, 5.41) is 17.2. The van der Waals surface area contributed by atoms with Crippen molar-refractivity contribution in [2.75, 3.05) is 0 Å². The molecule has 0 fully saturated rings. The minimum atomic E-state index is 0.425. The van der Waals surface area contributed by atoms with Crippen LogP contribution in [0, 0.1) is 11.3 Å². The fraction of sp³-hybridized carbons (Fsp3) is 0. The lowest BCUT2D eigenvalue weighted by atomic mass is 10.0. The molecule has 0 bridgehead atoms. The highest BCUT2D eigenvalue weighted by molar-refractivity contribution is 6.19. The summed E-state index contributed by atoms with van der Waals surface area (Å²) in [4.78, 5) is 15.1. The van der Waals surface area contributed by atoms with Gasteiger partial charge in [-0.2, -0.15) is 5.26 Å². The number of benzene rings is 8. The molecule has 0 aliphatic rings. The third kappa shape index (κ3) is 4.90. The average Bonchev–Trinajstić information content (AvgIpc) is 3.97. The number of para-hydroxylation sites is 5. The number of nitrogens with zero attached hydrogens (tertiary/aromatic N) is 6. The van der Waals surface area contributed by atoms with Crippen LogP contribution in [0.4, 0.5) is 0 Å². The Bertz CT molecular complexity index is 3520. The van der Waals surface area contributed by atoms with Gasteiger partial charge in [-0.15, -0.1) is 0 Å². The quantitative estimate of drug-likeness (QED) is 0.175. The number of hydrogen-bond donors (Lipinski definition) is 0. The van der Waals surface area contributed by atoms with E-state index in [1.807, 2.05) is 78.9 Å². The second-order valence-corrected chi connectivity index (χ2v) is 14.7. The maximum atomic E-state index is 11.0. The molecule has 0 spiro atoms. The summed E-state index contributed by atoms with van der Waals surface area (Å²) in [6, 6.07) is 64.5. The van der Waals surface area contributed by atoms with Crippen LogP contribution in [0.5, 0.6) is 0 Å². The van der Waals surface area contributed by atoms with Gasteiger partial charge in [0.25, 0.3) is 0 Å². The lowest BCUT2D eigenvalue weighted by Gasteiger charge is -2.18. The summed E-state index contributed by atoms with van der Waals surface area (Å²) in [5.41, 5.74) is 9.91. The molecule has 0 N–H and O–H groups in total. The molecule has 59 heavy (non-hydrogen) atoms. The van der Waals surface area contributed by atoms with E-state index in [1.165, 1.54) is 0 Å². The molecule has 274 valence electrons. The number of aromatic nitrogens is 5. The standard InChI is InChI=1S/C52H30N6O/c53-31-34-30-45(57-41-26-11-7-20-35(41)36-21-8-12-27-42(36)57)47(58-43-28-13-9-22-37(43)38-23-10-14-29-44(38)58)46-39-24-15-25-40(49(39)59-48(34)46)52-55-50(32-16-3-1-4-17-32)54-51(56-52)33-18-5-2-6-19-33/h1-30H. The highest BCUT2D eigenvalue weighted by atomic mass is 16.3. The van der Waals surface area contributed by atoms with Crippen LogP contribution in [0.15, 0.2) is 186 Å². The molecule has 0 amide bonds. The molecule has 4 heterocycles. The van der Waals surface area contributed by atoms with Crippen LogP contribution in [-0.4, -0.2) is 24.1 Å². The first-order valence-electron chi connectivity index (χ1n) is 19.5. The number of nitriles is 1. The maximum absolute atomic E-state index is 11.0. The second-order valence-electron chi connectivity index (χ2n) is 14.7. The van der Waals surface area contributed by atoms with Crippen molar-refractivity contribution in [1.82, 2.24) is 24.1 Å². The van der Waals surface area contributed by atoms with Crippen LogP contribution in [0.1, 0.15) is 5.56 Å². The summed E-state index contributed by atoms with van der Waals surface area (Å²) >= 11 is 0. The van der Waals surface area contributed by atoms with Crippen molar-refractivity contribution in [3.8, 4) is 51.6 Å². The van der Waals surface area contributed by atoms with Crippen molar-refractivity contribution in [2.45, 2.75) is 0 Å². The summed E-state index contributed by atoms with van der Waals surface area (Å²) in [7, 11) is 0. The Balaban J connectivity index is 1.25. The average molecular weight is 755 g/mol. The van der Waals surface area contributed by atoms with Gasteiger partial charge in [0.15, 0.2) is 23.1 Å². The van der Waals surface area contributed by atoms with Gasteiger partial charge in [0.2, 0.25) is 0 Å². The molecule has 0 atom stereocenters. The Hall–Kier alpha value is -8.34. The predicted octanol–water partition coefficient (Wildman–Crippen LogP) is 12.8. The topological polar surface area (TPSA) is 85.5 Å². The van der Waals surface area contributed by atoms with Crippen LogP contribution >= 0.6 is 0 Å².